The predicted molar refractivity (Wildman–Crippen MR) is 140 cm³/mol. The van der Waals surface area contributed by atoms with Crippen molar-refractivity contribution in [3.05, 3.63) is 100.0 Å². The third-order valence-corrected chi connectivity index (χ3v) is 7.70. The number of ether oxygens (including phenoxy) is 1. The van der Waals surface area contributed by atoms with Crippen LogP contribution in [0.1, 0.15) is 33.8 Å². The minimum atomic E-state index is -0.822. The molecule has 2 aromatic heterocycles. The quantitative estimate of drug-likeness (QED) is 0.227. The number of aromatic nitrogens is 1. The zero-order valence-corrected chi connectivity index (χ0v) is 20.6. The second-order valence-electron chi connectivity index (χ2n) is 7.97. The third kappa shape index (κ3) is 4.15. The average molecular weight is 503 g/mol. The number of aliphatic hydroxyl groups excluding tert-OH is 1. The summed E-state index contributed by atoms with van der Waals surface area (Å²) >= 11 is 2.63. The summed E-state index contributed by atoms with van der Waals surface area (Å²) in [5.41, 5.74) is 2.65. The van der Waals surface area contributed by atoms with Crippen LogP contribution in [0.25, 0.3) is 10.2 Å². The molecule has 0 unspecified atom stereocenters. The highest BCUT2D eigenvalue weighted by Gasteiger charge is 2.46. The number of nitrogens with zero attached hydrogens (tertiary/aromatic N) is 2. The lowest BCUT2D eigenvalue weighted by atomic mass is 9.95. The van der Waals surface area contributed by atoms with Crippen LogP contribution in [0.4, 0.5) is 5.13 Å². The van der Waals surface area contributed by atoms with Crippen molar-refractivity contribution in [1.29, 1.82) is 0 Å². The van der Waals surface area contributed by atoms with E-state index in [4.69, 9.17) is 4.74 Å². The number of hydrogen-bond donors (Lipinski definition) is 1. The standard InChI is InChI=1S/C27H22N2O4S2/c1-3-13-33-18-10-8-17(9-11-18)23-22(24(30)20-6-5-14-34-20)25(31)26(32)29(23)27-28-19-12-7-16(4-2)15-21(19)35-27/h3,5-12,14-15,23,31H,1,4,13H2,2H3/t23-/m0/s1. The number of aryl methyl sites for hydroxylation is 1. The lowest BCUT2D eigenvalue weighted by molar-refractivity contribution is -0.117. The maximum absolute atomic E-state index is 13.4. The number of fused-ring (bicyclic) bond motifs is 1. The molecule has 35 heavy (non-hydrogen) atoms. The van der Waals surface area contributed by atoms with Gasteiger partial charge in [-0.15, -0.1) is 11.3 Å². The van der Waals surface area contributed by atoms with Gasteiger partial charge in [-0.1, -0.05) is 55.2 Å². The van der Waals surface area contributed by atoms with Crippen LogP contribution in [0.15, 0.2) is 84.0 Å². The molecule has 176 valence electrons. The topological polar surface area (TPSA) is 79.7 Å². The number of thiazole rings is 1. The van der Waals surface area contributed by atoms with Gasteiger partial charge >= 0.3 is 0 Å². The zero-order chi connectivity index (χ0) is 24.5. The molecule has 0 fully saturated rings. The van der Waals surface area contributed by atoms with Crippen LogP contribution in [-0.2, 0) is 11.2 Å². The Hall–Kier alpha value is -3.75. The Morgan fingerprint density at radius 1 is 1.23 bits per heavy atom. The van der Waals surface area contributed by atoms with Crippen LogP contribution < -0.4 is 9.64 Å². The Bertz CT molecular complexity index is 1450. The van der Waals surface area contributed by atoms with E-state index in [-0.39, 0.29) is 11.4 Å². The van der Waals surface area contributed by atoms with Gasteiger partial charge in [0.15, 0.2) is 10.9 Å². The number of thiophene rings is 1. The van der Waals surface area contributed by atoms with Crippen molar-refractivity contribution >= 4 is 49.7 Å². The fraction of sp³-hybridized carbons (Fsp3) is 0.148. The first-order chi connectivity index (χ1) is 17.0. The van der Waals surface area contributed by atoms with Gasteiger partial charge in [0.1, 0.15) is 12.4 Å². The van der Waals surface area contributed by atoms with E-state index in [1.54, 1.807) is 47.9 Å². The summed E-state index contributed by atoms with van der Waals surface area (Å²) < 4.78 is 6.53. The number of ketones is 1. The Kier molecular flexibility index (Phi) is 6.23. The molecule has 0 saturated carbocycles. The van der Waals surface area contributed by atoms with E-state index in [0.29, 0.717) is 27.9 Å². The molecule has 1 aliphatic heterocycles. The van der Waals surface area contributed by atoms with Crippen LogP contribution in [0.2, 0.25) is 0 Å². The molecule has 8 heteroatoms. The number of rotatable bonds is 8. The number of anilines is 1. The van der Waals surface area contributed by atoms with Gasteiger partial charge in [0.05, 0.1) is 26.7 Å². The SMILES string of the molecule is C=CCOc1ccc([C@H]2C(C(=O)c3cccs3)=C(O)C(=O)N2c2nc3ccc(CC)cc3s2)cc1. The first-order valence-corrected chi connectivity index (χ1v) is 12.8. The summed E-state index contributed by atoms with van der Waals surface area (Å²) in [4.78, 5) is 33.4. The van der Waals surface area contributed by atoms with E-state index in [1.807, 2.05) is 12.1 Å². The molecule has 4 aromatic rings. The monoisotopic (exact) mass is 502 g/mol. The summed E-state index contributed by atoms with van der Waals surface area (Å²) in [6.45, 7) is 6.10. The van der Waals surface area contributed by atoms with Gasteiger partial charge in [0.2, 0.25) is 5.78 Å². The minimum absolute atomic E-state index is 0.0470. The van der Waals surface area contributed by atoms with E-state index < -0.39 is 17.7 Å². The Balaban J connectivity index is 1.62. The zero-order valence-electron chi connectivity index (χ0n) is 18.9. The van der Waals surface area contributed by atoms with Gasteiger partial charge in [0.25, 0.3) is 5.91 Å². The number of hydrogen-bond acceptors (Lipinski definition) is 7. The molecule has 2 aromatic carbocycles. The van der Waals surface area contributed by atoms with E-state index >= 15 is 0 Å². The number of carbonyl (C=O) groups is 2. The van der Waals surface area contributed by atoms with Crippen molar-refractivity contribution in [2.24, 2.45) is 0 Å². The third-order valence-electron chi connectivity index (χ3n) is 5.82. The maximum atomic E-state index is 13.4. The number of benzene rings is 2. The van der Waals surface area contributed by atoms with Crippen LogP contribution in [0.3, 0.4) is 0 Å². The van der Waals surface area contributed by atoms with Crippen LogP contribution in [-0.4, -0.2) is 28.4 Å². The largest absolute Gasteiger partial charge is 0.503 e. The summed E-state index contributed by atoms with van der Waals surface area (Å²) in [5, 5.41) is 13.1. The Morgan fingerprint density at radius 2 is 2.03 bits per heavy atom. The molecule has 1 atom stereocenters. The molecule has 0 bridgehead atoms. The van der Waals surface area contributed by atoms with Crippen LogP contribution >= 0.6 is 22.7 Å². The van der Waals surface area contributed by atoms with Gasteiger partial charge < -0.3 is 9.84 Å². The lowest BCUT2D eigenvalue weighted by Gasteiger charge is -2.24. The van der Waals surface area contributed by atoms with Crippen LogP contribution in [0.5, 0.6) is 5.75 Å². The van der Waals surface area contributed by atoms with Crippen molar-refractivity contribution in [2.45, 2.75) is 19.4 Å². The molecule has 1 aliphatic rings. The summed E-state index contributed by atoms with van der Waals surface area (Å²) in [6.07, 6.45) is 2.54. The number of Topliss-reactive ketones (excluding diaryl/α,β-unsaturated/α-hetero) is 1. The molecule has 1 amide bonds. The van der Waals surface area contributed by atoms with Crippen molar-refractivity contribution < 1.29 is 19.4 Å². The number of amides is 1. The molecule has 3 heterocycles. The molecule has 5 rings (SSSR count). The van der Waals surface area contributed by atoms with Gasteiger partial charge in [-0.25, -0.2) is 4.98 Å². The van der Waals surface area contributed by atoms with Gasteiger partial charge in [-0.3, -0.25) is 14.5 Å². The number of carbonyl (C=O) groups excluding carboxylic acids is 2. The summed E-state index contributed by atoms with van der Waals surface area (Å²) in [7, 11) is 0. The molecule has 0 saturated heterocycles. The fourth-order valence-corrected chi connectivity index (χ4v) is 5.81. The Labute approximate surface area is 210 Å². The van der Waals surface area contributed by atoms with Gasteiger partial charge in [-0.05, 0) is 53.3 Å². The summed E-state index contributed by atoms with van der Waals surface area (Å²) in [5.74, 6) is -0.929. The smallest absolute Gasteiger partial charge is 0.296 e. The normalized spacial score (nSPS) is 15.7. The average Bonchev–Trinajstić information content (AvgIpc) is 3.61. The highest BCUT2D eigenvalue weighted by atomic mass is 32.1. The summed E-state index contributed by atoms with van der Waals surface area (Å²) in [6, 6.07) is 15.8. The highest BCUT2D eigenvalue weighted by Crippen LogP contribution is 2.44. The van der Waals surface area contributed by atoms with E-state index in [1.165, 1.54) is 33.1 Å². The molecular formula is C27H22N2O4S2. The van der Waals surface area contributed by atoms with Crippen LogP contribution in [0, 0.1) is 0 Å². The van der Waals surface area contributed by atoms with E-state index in [2.05, 4.69) is 24.6 Å². The minimum Gasteiger partial charge on any atom is -0.503 e. The first-order valence-electron chi connectivity index (χ1n) is 11.1. The lowest BCUT2D eigenvalue weighted by Crippen LogP contribution is -2.30. The fourth-order valence-electron chi connectivity index (χ4n) is 4.07. The second kappa shape index (κ2) is 9.48. The second-order valence-corrected chi connectivity index (χ2v) is 9.92. The molecule has 0 aliphatic carbocycles. The molecule has 1 N–H and O–H groups in total. The molecule has 6 nitrogen and oxygen atoms in total. The Morgan fingerprint density at radius 3 is 2.71 bits per heavy atom. The van der Waals surface area contributed by atoms with Crippen molar-refractivity contribution in [3.8, 4) is 5.75 Å². The maximum Gasteiger partial charge on any atom is 0.296 e. The number of aliphatic hydroxyl groups is 1. The van der Waals surface area contributed by atoms with Gasteiger partial charge in [0, 0.05) is 0 Å². The van der Waals surface area contributed by atoms with E-state index in [0.717, 1.165) is 16.6 Å². The molecular weight excluding hydrogens is 480 g/mol. The molecule has 0 radical (unpaired) electrons. The van der Waals surface area contributed by atoms with Crippen molar-refractivity contribution in [2.75, 3.05) is 11.5 Å². The van der Waals surface area contributed by atoms with Crippen molar-refractivity contribution in [1.82, 2.24) is 4.98 Å². The molecule has 0 spiro atoms. The van der Waals surface area contributed by atoms with E-state index in [9.17, 15) is 14.7 Å². The first kappa shape index (κ1) is 23.0. The van der Waals surface area contributed by atoms with Crippen molar-refractivity contribution in [3.63, 3.8) is 0 Å². The highest BCUT2D eigenvalue weighted by molar-refractivity contribution is 7.22. The predicted octanol–water partition coefficient (Wildman–Crippen LogP) is 6.27. The van der Waals surface area contributed by atoms with Gasteiger partial charge in [-0.2, -0.15) is 0 Å².